The molecule has 0 radical (unpaired) electrons. The van der Waals surface area contributed by atoms with Crippen molar-refractivity contribution in [2.45, 2.75) is 6.92 Å². The molecule has 0 bridgehead atoms. The molecule has 126 valence electrons. The van der Waals surface area contributed by atoms with Crippen LogP contribution in [0.4, 0.5) is 5.69 Å². The van der Waals surface area contributed by atoms with Crippen LogP contribution in [0.1, 0.15) is 12.5 Å². The average Bonchev–Trinajstić information content (AvgIpc) is 2.54. The Bertz CT molecular complexity index is 876. The van der Waals surface area contributed by atoms with Crippen LogP contribution in [0, 0.1) is 14.9 Å². The van der Waals surface area contributed by atoms with Gasteiger partial charge in [-0.1, -0.05) is 0 Å². The molecule has 11 heteroatoms. The van der Waals surface area contributed by atoms with E-state index in [0.29, 0.717) is 12.2 Å². The molecule has 0 saturated carbocycles. The highest BCUT2D eigenvalue weighted by Gasteiger charge is 2.21. The van der Waals surface area contributed by atoms with Crippen molar-refractivity contribution in [3.63, 3.8) is 0 Å². The molecule has 0 amide bonds. The summed E-state index contributed by atoms with van der Waals surface area (Å²) in [7, 11) is 1.31. The predicted octanol–water partition coefficient (Wildman–Crippen LogP) is 1.50. The Morgan fingerprint density at radius 3 is 2.88 bits per heavy atom. The number of aromatic nitrogens is 3. The van der Waals surface area contributed by atoms with Crippen LogP contribution in [-0.2, 0) is 0 Å². The van der Waals surface area contributed by atoms with E-state index in [1.807, 2.05) is 0 Å². The highest BCUT2D eigenvalue weighted by atomic mass is 32.1. The standard InChI is InChI=1S/C13H13N5O5S/c1-3-23-10-5-8(4-9(18(20)21)12(10)22-2)6-15-17-11(19)7-14-16-13(17)24/h4-7H,3H2,1-2H3,(H,16,24)/b15-6-. The lowest BCUT2D eigenvalue weighted by molar-refractivity contribution is -0.385. The van der Waals surface area contributed by atoms with Gasteiger partial charge in [-0.15, -0.1) is 0 Å². The fraction of sp³-hybridized carbons (Fsp3) is 0.231. The van der Waals surface area contributed by atoms with Gasteiger partial charge in [0.15, 0.2) is 5.75 Å². The molecular weight excluding hydrogens is 338 g/mol. The van der Waals surface area contributed by atoms with Crippen molar-refractivity contribution < 1.29 is 14.4 Å². The van der Waals surface area contributed by atoms with Crippen molar-refractivity contribution >= 4 is 24.1 Å². The summed E-state index contributed by atoms with van der Waals surface area (Å²) >= 11 is 4.91. The van der Waals surface area contributed by atoms with Crippen LogP contribution in [-0.4, -0.2) is 39.7 Å². The van der Waals surface area contributed by atoms with E-state index in [9.17, 15) is 14.9 Å². The van der Waals surface area contributed by atoms with Crippen molar-refractivity contribution in [1.29, 1.82) is 0 Å². The molecule has 0 atom stereocenters. The Kier molecular flexibility index (Phi) is 5.37. The summed E-state index contributed by atoms with van der Waals surface area (Å²) in [5.41, 5.74) is -0.482. The first-order valence-electron chi connectivity index (χ1n) is 6.68. The van der Waals surface area contributed by atoms with E-state index in [0.717, 1.165) is 10.9 Å². The Morgan fingerprint density at radius 1 is 1.54 bits per heavy atom. The minimum atomic E-state index is -0.594. The van der Waals surface area contributed by atoms with Crippen molar-refractivity contribution in [1.82, 2.24) is 14.9 Å². The quantitative estimate of drug-likeness (QED) is 0.362. The summed E-state index contributed by atoms with van der Waals surface area (Å²) in [6, 6.07) is 2.77. The molecule has 24 heavy (non-hydrogen) atoms. The Morgan fingerprint density at radius 2 is 2.29 bits per heavy atom. The van der Waals surface area contributed by atoms with Crippen LogP contribution in [0.5, 0.6) is 11.5 Å². The van der Waals surface area contributed by atoms with Gasteiger partial charge in [0.1, 0.15) is 6.20 Å². The minimum absolute atomic E-state index is 0.00760. The first-order valence-corrected chi connectivity index (χ1v) is 7.09. The van der Waals surface area contributed by atoms with Gasteiger partial charge in [-0.3, -0.25) is 20.0 Å². The van der Waals surface area contributed by atoms with Crippen molar-refractivity contribution in [2.24, 2.45) is 5.10 Å². The van der Waals surface area contributed by atoms with Crippen LogP contribution in [0.2, 0.25) is 0 Å². The van der Waals surface area contributed by atoms with Gasteiger partial charge >= 0.3 is 5.69 Å². The maximum absolute atomic E-state index is 11.7. The smallest absolute Gasteiger partial charge is 0.315 e. The minimum Gasteiger partial charge on any atom is -0.490 e. The summed E-state index contributed by atoms with van der Waals surface area (Å²) in [4.78, 5) is 22.3. The third-order valence-electron chi connectivity index (χ3n) is 2.82. The number of nitrogens with one attached hydrogen (secondary N) is 1. The maximum Gasteiger partial charge on any atom is 0.315 e. The number of H-pyrrole nitrogens is 1. The summed E-state index contributed by atoms with van der Waals surface area (Å²) in [5.74, 6) is 0.209. The third-order valence-corrected chi connectivity index (χ3v) is 3.08. The van der Waals surface area contributed by atoms with Crippen LogP contribution in [0.3, 0.4) is 0 Å². The van der Waals surface area contributed by atoms with E-state index in [4.69, 9.17) is 21.7 Å². The molecule has 1 N–H and O–H groups in total. The molecule has 0 aliphatic heterocycles. The monoisotopic (exact) mass is 351 g/mol. The zero-order chi connectivity index (χ0) is 17.7. The molecule has 0 unspecified atom stereocenters. The molecule has 1 aromatic carbocycles. The summed E-state index contributed by atoms with van der Waals surface area (Å²) in [5, 5.41) is 21.1. The van der Waals surface area contributed by atoms with Gasteiger partial charge in [0.25, 0.3) is 5.56 Å². The van der Waals surface area contributed by atoms with Gasteiger partial charge in [-0.25, -0.2) is 0 Å². The molecule has 0 fully saturated rings. The van der Waals surface area contributed by atoms with Crippen molar-refractivity contribution in [3.8, 4) is 11.5 Å². The number of methoxy groups -OCH3 is 1. The van der Waals surface area contributed by atoms with Gasteiger partial charge in [0.05, 0.1) is 24.9 Å². The number of hydrogen-bond donors (Lipinski definition) is 1. The fourth-order valence-electron chi connectivity index (χ4n) is 1.86. The van der Waals surface area contributed by atoms with Crippen LogP contribution in [0.25, 0.3) is 0 Å². The normalized spacial score (nSPS) is 10.8. The van der Waals surface area contributed by atoms with Gasteiger partial charge in [-0.05, 0) is 25.2 Å². The van der Waals surface area contributed by atoms with Gasteiger partial charge in [0.2, 0.25) is 10.5 Å². The molecule has 2 aromatic rings. The molecular formula is C13H13N5O5S. The van der Waals surface area contributed by atoms with Crippen molar-refractivity contribution in [3.05, 3.63) is 49.1 Å². The number of rotatable bonds is 6. The second-order valence-corrected chi connectivity index (χ2v) is 4.72. The summed E-state index contributed by atoms with van der Waals surface area (Å²) in [6.07, 6.45) is 2.26. The highest BCUT2D eigenvalue weighted by molar-refractivity contribution is 7.71. The largest absolute Gasteiger partial charge is 0.490 e. The van der Waals surface area contributed by atoms with E-state index in [-0.39, 0.29) is 22.0 Å². The van der Waals surface area contributed by atoms with E-state index < -0.39 is 10.5 Å². The average molecular weight is 351 g/mol. The number of nitrogens with zero attached hydrogens (tertiary/aromatic N) is 4. The fourth-order valence-corrected chi connectivity index (χ4v) is 2.05. The number of nitro groups is 1. The molecule has 2 rings (SSSR count). The molecule has 10 nitrogen and oxygen atoms in total. The summed E-state index contributed by atoms with van der Waals surface area (Å²) in [6.45, 7) is 2.03. The lowest BCUT2D eigenvalue weighted by atomic mass is 10.2. The van der Waals surface area contributed by atoms with E-state index >= 15 is 0 Å². The van der Waals surface area contributed by atoms with Crippen LogP contribution >= 0.6 is 12.2 Å². The second-order valence-electron chi connectivity index (χ2n) is 4.33. The molecule has 0 spiro atoms. The van der Waals surface area contributed by atoms with E-state index in [1.165, 1.54) is 25.5 Å². The first kappa shape index (κ1) is 17.3. The predicted molar refractivity (Wildman–Crippen MR) is 87.5 cm³/mol. The Balaban J connectivity index is 2.54. The number of aromatic amines is 1. The third kappa shape index (κ3) is 3.63. The molecule has 0 aliphatic rings. The van der Waals surface area contributed by atoms with Gasteiger partial charge < -0.3 is 9.47 Å². The molecule has 0 saturated heterocycles. The Labute approximate surface area is 140 Å². The van der Waals surface area contributed by atoms with Crippen molar-refractivity contribution in [2.75, 3.05) is 13.7 Å². The summed E-state index contributed by atoms with van der Waals surface area (Å²) < 4.78 is 11.3. The number of ether oxygens (including phenoxy) is 2. The SMILES string of the molecule is CCOc1cc(/C=N\n2c(=O)cn[nH]c2=S)cc([N+](=O)[O-])c1OC. The molecule has 1 heterocycles. The molecule has 1 aromatic heterocycles. The van der Waals surface area contributed by atoms with Gasteiger partial charge in [-0.2, -0.15) is 14.9 Å². The zero-order valence-corrected chi connectivity index (χ0v) is 13.6. The maximum atomic E-state index is 11.7. The first-order chi connectivity index (χ1) is 11.5. The van der Waals surface area contributed by atoms with Crippen LogP contribution < -0.4 is 15.0 Å². The lowest BCUT2D eigenvalue weighted by Crippen LogP contribution is -2.18. The number of hydrogen-bond acceptors (Lipinski definition) is 8. The molecule has 0 aliphatic carbocycles. The second kappa shape index (κ2) is 7.46. The Hall–Kier alpha value is -3.08. The van der Waals surface area contributed by atoms with E-state index in [1.54, 1.807) is 6.92 Å². The number of nitro benzene ring substituents is 1. The van der Waals surface area contributed by atoms with Gasteiger partial charge in [0, 0.05) is 11.6 Å². The highest BCUT2D eigenvalue weighted by Crippen LogP contribution is 2.37. The lowest BCUT2D eigenvalue weighted by Gasteiger charge is -2.10. The topological polar surface area (TPSA) is 125 Å². The zero-order valence-electron chi connectivity index (χ0n) is 12.8. The van der Waals surface area contributed by atoms with Crippen LogP contribution in [0.15, 0.2) is 28.2 Å². The van der Waals surface area contributed by atoms with E-state index in [2.05, 4.69) is 15.3 Å². The number of benzene rings is 1.